The van der Waals surface area contributed by atoms with Crippen molar-refractivity contribution < 1.29 is 9.53 Å². The lowest BCUT2D eigenvalue weighted by atomic mass is 10.1. The number of nitrogens with one attached hydrogen (secondary N) is 1. The molecule has 1 amide bonds. The first-order valence-corrected chi connectivity index (χ1v) is 7.91. The van der Waals surface area contributed by atoms with Crippen molar-refractivity contribution >= 4 is 5.91 Å². The van der Waals surface area contributed by atoms with Crippen molar-refractivity contribution in [3.8, 4) is 11.4 Å². The van der Waals surface area contributed by atoms with Gasteiger partial charge in [-0.1, -0.05) is 19.1 Å². The number of ether oxygens (including phenoxy) is 1. The number of nitrogens with zero attached hydrogens (tertiary/aromatic N) is 5. The lowest BCUT2D eigenvalue weighted by molar-refractivity contribution is -0.123. The van der Waals surface area contributed by atoms with Crippen LogP contribution in [0.5, 0.6) is 5.75 Å². The van der Waals surface area contributed by atoms with Crippen LogP contribution in [0, 0.1) is 0 Å². The molecule has 3 rings (SSSR count). The summed E-state index contributed by atoms with van der Waals surface area (Å²) in [5.41, 5.74) is 1.73. The zero-order valence-corrected chi connectivity index (χ0v) is 13.7. The molecule has 8 nitrogen and oxygen atoms in total. The summed E-state index contributed by atoms with van der Waals surface area (Å²) in [6.45, 7) is 1.93. The van der Waals surface area contributed by atoms with E-state index in [-0.39, 0.29) is 18.6 Å². The predicted octanol–water partition coefficient (Wildman–Crippen LogP) is 1.70. The van der Waals surface area contributed by atoms with Crippen LogP contribution in [0.25, 0.3) is 5.69 Å². The van der Waals surface area contributed by atoms with Crippen LogP contribution in [0.4, 0.5) is 0 Å². The van der Waals surface area contributed by atoms with E-state index in [1.54, 1.807) is 24.5 Å². The van der Waals surface area contributed by atoms with Gasteiger partial charge < -0.3 is 10.1 Å². The molecule has 2 heterocycles. The van der Waals surface area contributed by atoms with Crippen molar-refractivity contribution in [3.63, 3.8) is 0 Å². The first-order valence-electron chi connectivity index (χ1n) is 7.91. The molecule has 0 aliphatic rings. The van der Waals surface area contributed by atoms with Crippen LogP contribution in [0.1, 0.15) is 24.9 Å². The predicted molar refractivity (Wildman–Crippen MR) is 90.1 cm³/mol. The maximum absolute atomic E-state index is 12.2. The van der Waals surface area contributed by atoms with Gasteiger partial charge >= 0.3 is 0 Å². The second-order valence-electron chi connectivity index (χ2n) is 5.36. The summed E-state index contributed by atoms with van der Waals surface area (Å²) in [6.07, 6.45) is 5.72. The number of hydrogen-bond acceptors (Lipinski definition) is 6. The molecule has 0 aliphatic carbocycles. The zero-order chi connectivity index (χ0) is 17.5. The highest BCUT2D eigenvalue weighted by Gasteiger charge is 2.13. The van der Waals surface area contributed by atoms with Crippen LogP contribution in [-0.2, 0) is 4.79 Å². The highest BCUT2D eigenvalue weighted by atomic mass is 16.5. The van der Waals surface area contributed by atoms with Gasteiger partial charge in [-0.15, -0.1) is 5.10 Å². The second kappa shape index (κ2) is 8.00. The number of carbonyl (C=O) groups is 1. The Morgan fingerprint density at radius 1 is 1.32 bits per heavy atom. The molecule has 0 saturated heterocycles. The molecule has 0 radical (unpaired) electrons. The van der Waals surface area contributed by atoms with Crippen LogP contribution in [-0.4, -0.2) is 37.7 Å². The van der Waals surface area contributed by atoms with E-state index in [1.807, 2.05) is 31.2 Å². The Balaban J connectivity index is 1.58. The monoisotopic (exact) mass is 338 g/mol. The van der Waals surface area contributed by atoms with Gasteiger partial charge in [-0.2, -0.15) is 0 Å². The highest BCUT2D eigenvalue weighted by Crippen LogP contribution is 2.17. The van der Waals surface area contributed by atoms with Crippen LogP contribution in [0.2, 0.25) is 0 Å². The van der Waals surface area contributed by atoms with E-state index >= 15 is 0 Å². The average Bonchev–Trinajstić information content (AvgIpc) is 3.20. The minimum absolute atomic E-state index is 0.0736. The number of benzene rings is 1. The number of hydrogen-bond donors (Lipinski definition) is 1. The normalized spacial score (nSPS) is 11.7. The standard InChI is InChI=1S/C17H18N6O2/c1-2-16(13-5-4-8-18-10-13)20-17(24)11-25-15-7-3-6-14(9-15)23-12-19-21-22-23/h3-10,12,16H,2,11H2,1H3,(H,20,24). The van der Waals surface area contributed by atoms with Crippen molar-refractivity contribution in [3.05, 3.63) is 60.7 Å². The minimum Gasteiger partial charge on any atom is -0.484 e. The summed E-state index contributed by atoms with van der Waals surface area (Å²) in [5.74, 6) is 0.376. The largest absolute Gasteiger partial charge is 0.484 e. The third-order valence-corrected chi connectivity index (χ3v) is 3.63. The lowest BCUT2D eigenvalue weighted by Gasteiger charge is -2.17. The van der Waals surface area contributed by atoms with Crippen LogP contribution >= 0.6 is 0 Å². The molecule has 0 aliphatic heterocycles. The van der Waals surface area contributed by atoms with Crippen molar-refractivity contribution in [2.45, 2.75) is 19.4 Å². The summed E-state index contributed by atoms with van der Waals surface area (Å²) >= 11 is 0. The van der Waals surface area contributed by atoms with Gasteiger partial charge in [-0.25, -0.2) is 4.68 Å². The first-order chi connectivity index (χ1) is 12.3. The van der Waals surface area contributed by atoms with E-state index in [1.165, 1.54) is 11.0 Å². The molecule has 1 N–H and O–H groups in total. The van der Waals surface area contributed by atoms with E-state index < -0.39 is 0 Å². The topological polar surface area (TPSA) is 94.8 Å². The number of amides is 1. The summed E-state index contributed by atoms with van der Waals surface area (Å²) in [7, 11) is 0. The molecule has 1 aromatic carbocycles. The maximum Gasteiger partial charge on any atom is 0.258 e. The van der Waals surface area contributed by atoms with Crippen molar-refractivity contribution in [2.24, 2.45) is 0 Å². The van der Waals surface area contributed by atoms with Gasteiger partial charge in [-0.3, -0.25) is 9.78 Å². The number of aromatic nitrogens is 5. The summed E-state index contributed by atoms with van der Waals surface area (Å²) < 4.78 is 7.09. The highest BCUT2D eigenvalue weighted by molar-refractivity contribution is 5.78. The molecule has 0 spiro atoms. The Bertz CT molecular complexity index is 807. The fourth-order valence-electron chi connectivity index (χ4n) is 2.38. The van der Waals surface area contributed by atoms with Crippen LogP contribution in [0.3, 0.4) is 0 Å². The Labute approximate surface area is 144 Å². The molecule has 25 heavy (non-hydrogen) atoms. The second-order valence-corrected chi connectivity index (χ2v) is 5.36. The Hall–Kier alpha value is -3.29. The molecule has 0 saturated carbocycles. The van der Waals surface area contributed by atoms with Crippen molar-refractivity contribution in [1.29, 1.82) is 0 Å². The van der Waals surface area contributed by atoms with Crippen LogP contribution in [0.15, 0.2) is 55.1 Å². The van der Waals surface area contributed by atoms with Gasteiger partial charge in [0, 0.05) is 18.5 Å². The van der Waals surface area contributed by atoms with E-state index in [2.05, 4.69) is 25.8 Å². The number of pyridine rings is 1. The lowest BCUT2D eigenvalue weighted by Crippen LogP contribution is -2.32. The molecule has 3 aromatic rings. The van der Waals surface area contributed by atoms with E-state index in [0.717, 1.165) is 17.7 Å². The molecule has 8 heteroatoms. The number of tetrazole rings is 1. The van der Waals surface area contributed by atoms with Gasteiger partial charge in [0.15, 0.2) is 6.61 Å². The molecule has 1 unspecified atom stereocenters. The molecule has 0 fully saturated rings. The first kappa shape index (κ1) is 16.6. The number of carbonyl (C=O) groups excluding carboxylic acids is 1. The molecule has 2 aromatic heterocycles. The van der Waals surface area contributed by atoms with E-state index in [0.29, 0.717) is 5.75 Å². The molecular formula is C17H18N6O2. The SMILES string of the molecule is CCC(NC(=O)COc1cccc(-n2cnnn2)c1)c1cccnc1. The van der Waals surface area contributed by atoms with Gasteiger partial charge in [0.05, 0.1) is 11.7 Å². The maximum atomic E-state index is 12.2. The molecule has 128 valence electrons. The molecule has 0 bridgehead atoms. The van der Waals surface area contributed by atoms with E-state index in [4.69, 9.17) is 4.74 Å². The van der Waals surface area contributed by atoms with Crippen molar-refractivity contribution in [1.82, 2.24) is 30.5 Å². The third kappa shape index (κ3) is 4.37. The summed E-state index contributed by atoms with van der Waals surface area (Å²) in [4.78, 5) is 16.3. The summed E-state index contributed by atoms with van der Waals surface area (Å²) in [5, 5.41) is 14.0. The molecular weight excluding hydrogens is 320 g/mol. The van der Waals surface area contributed by atoms with E-state index in [9.17, 15) is 4.79 Å². The fraction of sp³-hybridized carbons (Fsp3) is 0.235. The van der Waals surface area contributed by atoms with Gasteiger partial charge in [0.1, 0.15) is 12.1 Å². The minimum atomic E-state index is -0.191. The smallest absolute Gasteiger partial charge is 0.258 e. The van der Waals surface area contributed by atoms with Crippen molar-refractivity contribution in [2.75, 3.05) is 6.61 Å². The summed E-state index contributed by atoms with van der Waals surface area (Å²) in [6, 6.07) is 10.9. The van der Waals surface area contributed by atoms with Gasteiger partial charge in [0.25, 0.3) is 5.91 Å². The molecule has 1 atom stereocenters. The Morgan fingerprint density at radius 2 is 2.24 bits per heavy atom. The fourth-order valence-corrected chi connectivity index (χ4v) is 2.38. The zero-order valence-electron chi connectivity index (χ0n) is 13.7. The van der Waals surface area contributed by atoms with Gasteiger partial charge in [-0.05, 0) is 40.6 Å². The average molecular weight is 338 g/mol. The number of rotatable bonds is 7. The Morgan fingerprint density at radius 3 is 2.96 bits per heavy atom. The third-order valence-electron chi connectivity index (χ3n) is 3.63. The van der Waals surface area contributed by atoms with Crippen LogP contribution < -0.4 is 10.1 Å². The Kier molecular flexibility index (Phi) is 5.30. The quantitative estimate of drug-likeness (QED) is 0.704. The van der Waals surface area contributed by atoms with Gasteiger partial charge in [0.2, 0.25) is 0 Å².